The summed E-state index contributed by atoms with van der Waals surface area (Å²) in [4.78, 5) is 16.5. The van der Waals surface area contributed by atoms with Crippen LogP contribution in [-0.4, -0.2) is 60.5 Å². The Balaban J connectivity index is 1.57. The van der Waals surface area contributed by atoms with Crippen LogP contribution in [0.1, 0.15) is 46.0 Å². The molecule has 2 rings (SSSR count). The van der Waals surface area contributed by atoms with Crippen LogP contribution in [0.4, 0.5) is 0 Å². The number of hydrogen-bond acceptors (Lipinski definition) is 3. The topological polar surface area (TPSA) is 35.6 Å². The largest absolute Gasteiger partial charge is 0.343 e. The second kappa shape index (κ2) is 7.25. The Morgan fingerprint density at radius 1 is 1.16 bits per heavy atom. The quantitative estimate of drug-likeness (QED) is 0.819. The van der Waals surface area contributed by atoms with Gasteiger partial charge in [0.15, 0.2) is 0 Å². The van der Waals surface area contributed by atoms with Crippen LogP contribution in [0.25, 0.3) is 0 Å². The van der Waals surface area contributed by atoms with Crippen LogP contribution in [0.5, 0.6) is 0 Å². The number of rotatable bonds is 5. The monoisotopic (exact) mass is 267 g/mol. The van der Waals surface area contributed by atoms with E-state index in [-0.39, 0.29) is 0 Å². The molecule has 0 atom stereocenters. The highest BCUT2D eigenvalue weighted by molar-refractivity contribution is 5.76. The zero-order valence-electron chi connectivity index (χ0n) is 12.5. The predicted octanol–water partition coefficient (Wildman–Crippen LogP) is 1.46. The normalized spacial score (nSPS) is 22.4. The van der Waals surface area contributed by atoms with Crippen LogP contribution in [0.15, 0.2) is 0 Å². The van der Waals surface area contributed by atoms with Gasteiger partial charge in [0.05, 0.1) is 0 Å². The Morgan fingerprint density at radius 3 is 2.37 bits per heavy atom. The molecule has 0 spiro atoms. The van der Waals surface area contributed by atoms with E-state index >= 15 is 0 Å². The van der Waals surface area contributed by atoms with E-state index in [1.165, 1.54) is 38.8 Å². The molecule has 0 aromatic rings. The van der Waals surface area contributed by atoms with Gasteiger partial charge in [0.25, 0.3) is 0 Å². The van der Waals surface area contributed by atoms with Gasteiger partial charge in [0, 0.05) is 38.1 Å². The minimum absolute atomic E-state index is 0.338. The molecule has 19 heavy (non-hydrogen) atoms. The summed E-state index contributed by atoms with van der Waals surface area (Å²) in [5.41, 5.74) is 0. The highest BCUT2D eigenvalue weighted by atomic mass is 16.2. The summed E-state index contributed by atoms with van der Waals surface area (Å²) in [6.07, 6.45) is 5.48. The van der Waals surface area contributed by atoms with Gasteiger partial charge in [-0.3, -0.25) is 4.79 Å². The molecule has 0 aliphatic carbocycles. The zero-order chi connectivity index (χ0) is 13.7. The van der Waals surface area contributed by atoms with Crippen LogP contribution in [0.2, 0.25) is 0 Å². The van der Waals surface area contributed by atoms with Crippen molar-refractivity contribution in [2.75, 3.05) is 32.7 Å². The fraction of sp³-hybridized carbons (Fsp3) is 0.933. The maximum absolute atomic E-state index is 11.9. The van der Waals surface area contributed by atoms with Crippen molar-refractivity contribution in [3.63, 3.8) is 0 Å². The van der Waals surface area contributed by atoms with Gasteiger partial charge < -0.3 is 15.1 Å². The molecule has 2 aliphatic heterocycles. The Hall–Kier alpha value is -0.610. The number of carbonyl (C=O) groups excluding carboxylic acids is 1. The number of likely N-dealkylation sites (tertiary alicyclic amines) is 2. The number of nitrogens with zero attached hydrogens (tertiary/aromatic N) is 2. The van der Waals surface area contributed by atoms with Gasteiger partial charge in [-0.1, -0.05) is 0 Å². The smallest absolute Gasteiger partial charge is 0.223 e. The molecular weight excluding hydrogens is 238 g/mol. The average molecular weight is 267 g/mol. The molecule has 110 valence electrons. The van der Waals surface area contributed by atoms with Gasteiger partial charge in [0.2, 0.25) is 5.91 Å². The number of nitrogens with one attached hydrogen (secondary N) is 1. The lowest BCUT2D eigenvalue weighted by molar-refractivity contribution is -0.130. The Bertz CT molecular complexity index is 279. The van der Waals surface area contributed by atoms with E-state index in [2.05, 4.69) is 24.1 Å². The number of amides is 1. The Labute approximate surface area is 117 Å². The standard InChI is InChI=1S/C15H29N3O/c1-13(2)17-11-6-14(7-12-17)16-8-5-15(19)18-9-3-4-10-18/h13-14,16H,3-12H2,1-2H3. The molecule has 0 aromatic heterocycles. The summed E-state index contributed by atoms with van der Waals surface area (Å²) in [7, 11) is 0. The van der Waals surface area contributed by atoms with E-state index in [0.717, 1.165) is 19.6 Å². The van der Waals surface area contributed by atoms with Crippen LogP contribution in [-0.2, 0) is 4.79 Å². The van der Waals surface area contributed by atoms with E-state index in [1.807, 2.05) is 4.90 Å². The molecule has 4 nitrogen and oxygen atoms in total. The van der Waals surface area contributed by atoms with E-state index in [4.69, 9.17) is 0 Å². The molecule has 0 aromatic carbocycles. The molecule has 1 N–H and O–H groups in total. The van der Waals surface area contributed by atoms with Crippen molar-refractivity contribution in [2.45, 2.75) is 58.0 Å². The lowest BCUT2D eigenvalue weighted by Gasteiger charge is -2.35. The highest BCUT2D eigenvalue weighted by Gasteiger charge is 2.21. The van der Waals surface area contributed by atoms with Crippen LogP contribution in [0.3, 0.4) is 0 Å². The first-order valence-corrected chi connectivity index (χ1v) is 7.92. The first kappa shape index (κ1) is 14.8. The zero-order valence-corrected chi connectivity index (χ0v) is 12.5. The lowest BCUT2D eigenvalue weighted by atomic mass is 10.0. The molecule has 2 saturated heterocycles. The summed E-state index contributed by atoms with van der Waals surface area (Å²) >= 11 is 0. The first-order chi connectivity index (χ1) is 9.16. The van der Waals surface area contributed by atoms with Crippen molar-refractivity contribution in [1.82, 2.24) is 15.1 Å². The molecule has 2 heterocycles. The molecule has 4 heteroatoms. The minimum atomic E-state index is 0.338. The second-order valence-electron chi connectivity index (χ2n) is 6.20. The highest BCUT2D eigenvalue weighted by Crippen LogP contribution is 2.13. The molecule has 1 amide bonds. The lowest BCUT2D eigenvalue weighted by Crippen LogP contribution is -2.45. The van der Waals surface area contributed by atoms with E-state index in [9.17, 15) is 4.79 Å². The summed E-state index contributed by atoms with van der Waals surface area (Å²) in [6, 6.07) is 1.28. The van der Waals surface area contributed by atoms with Crippen molar-refractivity contribution in [1.29, 1.82) is 0 Å². The molecule has 0 bridgehead atoms. The van der Waals surface area contributed by atoms with Gasteiger partial charge >= 0.3 is 0 Å². The van der Waals surface area contributed by atoms with Crippen molar-refractivity contribution < 1.29 is 4.79 Å². The van der Waals surface area contributed by atoms with Crippen LogP contribution >= 0.6 is 0 Å². The van der Waals surface area contributed by atoms with Gasteiger partial charge in [-0.25, -0.2) is 0 Å². The third-order valence-electron chi connectivity index (χ3n) is 4.49. The third-order valence-corrected chi connectivity index (χ3v) is 4.49. The molecular formula is C15H29N3O. The fourth-order valence-corrected chi connectivity index (χ4v) is 3.13. The summed E-state index contributed by atoms with van der Waals surface area (Å²) in [5.74, 6) is 0.338. The van der Waals surface area contributed by atoms with Gasteiger partial charge in [-0.2, -0.15) is 0 Å². The summed E-state index contributed by atoms with van der Waals surface area (Å²) in [6.45, 7) is 9.72. The van der Waals surface area contributed by atoms with Crippen molar-refractivity contribution >= 4 is 5.91 Å². The fourth-order valence-electron chi connectivity index (χ4n) is 3.13. The predicted molar refractivity (Wildman–Crippen MR) is 78.2 cm³/mol. The van der Waals surface area contributed by atoms with Crippen molar-refractivity contribution in [2.24, 2.45) is 0 Å². The molecule has 2 aliphatic rings. The van der Waals surface area contributed by atoms with E-state index in [1.54, 1.807) is 0 Å². The molecule has 2 fully saturated rings. The number of carbonyl (C=O) groups is 1. The average Bonchev–Trinajstić information content (AvgIpc) is 2.93. The van der Waals surface area contributed by atoms with Gasteiger partial charge in [-0.05, 0) is 52.6 Å². The summed E-state index contributed by atoms with van der Waals surface area (Å²) in [5, 5.41) is 3.56. The first-order valence-electron chi connectivity index (χ1n) is 7.92. The van der Waals surface area contributed by atoms with Gasteiger partial charge in [-0.15, -0.1) is 0 Å². The van der Waals surface area contributed by atoms with E-state index in [0.29, 0.717) is 24.4 Å². The molecule has 0 saturated carbocycles. The SMILES string of the molecule is CC(C)N1CCC(NCCC(=O)N2CCCC2)CC1. The maximum atomic E-state index is 11.9. The summed E-state index contributed by atoms with van der Waals surface area (Å²) < 4.78 is 0. The van der Waals surface area contributed by atoms with Crippen LogP contribution in [0, 0.1) is 0 Å². The number of hydrogen-bond donors (Lipinski definition) is 1. The van der Waals surface area contributed by atoms with E-state index < -0.39 is 0 Å². The van der Waals surface area contributed by atoms with Gasteiger partial charge in [0.1, 0.15) is 0 Å². The molecule has 0 unspecified atom stereocenters. The minimum Gasteiger partial charge on any atom is -0.343 e. The third kappa shape index (κ3) is 4.46. The molecule has 0 radical (unpaired) electrons. The Morgan fingerprint density at radius 2 is 1.79 bits per heavy atom. The maximum Gasteiger partial charge on any atom is 0.223 e. The Kier molecular flexibility index (Phi) is 5.64. The van der Waals surface area contributed by atoms with Crippen LogP contribution < -0.4 is 5.32 Å². The van der Waals surface area contributed by atoms with Crippen molar-refractivity contribution in [3.8, 4) is 0 Å². The number of piperidine rings is 1. The second-order valence-corrected chi connectivity index (χ2v) is 6.20. The van der Waals surface area contributed by atoms with Crippen molar-refractivity contribution in [3.05, 3.63) is 0 Å².